The molecule has 2 aliphatic rings. The van der Waals surface area contributed by atoms with Crippen molar-refractivity contribution in [1.82, 2.24) is 9.80 Å². The lowest BCUT2D eigenvalue weighted by atomic mass is 10.0. The molecule has 1 aromatic rings. The third kappa shape index (κ3) is 5.01. The van der Waals surface area contributed by atoms with Gasteiger partial charge >= 0.3 is 12.1 Å². The number of carboxylic acids is 1. The Morgan fingerprint density at radius 1 is 1.30 bits per heavy atom. The predicted octanol–water partition coefficient (Wildman–Crippen LogP) is 4.17. The standard InChI is InChI=1S/C21H25F3N2O3S/c1-3-30-19-18(20(27)28)14(2)11-17(25-7-9-29-10-8-25)26(19)13-15-5-4-6-16(12-15)21(22,23)24/h4-6,11-12,17H,3,7-10,13H2,1-2H3,(H,27,28). The van der Waals surface area contributed by atoms with Gasteiger partial charge in [-0.25, -0.2) is 4.79 Å². The normalized spacial score (nSPS) is 21.0. The summed E-state index contributed by atoms with van der Waals surface area (Å²) >= 11 is 1.40. The van der Waals surface area contributed by atoms with Crippen LogP contribution >= 0.6 is 11.8 Å². The minimum absolute atomic E-state index is 0.175. The van der Waals surface area contributed by atoms with Crippen LogP contribution in [0.25, 0.3) is 0 Å². The van der Waals surface area contributed by atoms with Crippen molar-refractivity contribution in [3.63, 3.8) is 0 Å². The average Bonchev–Trinajstić information content (AvgIpc) is 2.70. The second-order valence-corrected chi connectivity index (χ2v) is 8.41. The quantitative estimate of drug-likeness (QED) is 0.714. The Bertz CT molecular complexity index is 848. The number of alkyl halides is 3. The number of halogens is 3. The minimum atomic E-state index is -4.43. The van der Waals surface area contributed by atoms with Gasteiger partial charge in [0.1, 0.15) is 6.17 Å². The fourth-order valence-electron chi connectivity index (χ4n) is 3.73. The number of hydrogen-bond donors (Lipinski definition) is 1. The number of carboxylic acid groups (broad SMARTS) is 1. The molecule has 1 aromatic carbocycles. The van der Waals surface area contributed by atoms with Crippen LogP contribution in [0.3, 0.4) is 0 Å². The summed E-state index contributed by atoms with van der Waals surface area (Å²) in [6, 6.07) is 5.21. The first-order valence-electron chi connectivity index (χ1n) is 9.76. The molecule has 30 heavy (non-hydrogen) atoms. The lowest BCUT2D eigenvalue weighted by molar-refractivity contribution is -0.137. The maximum Gasteiger partial charge on any atom is 0.416 e. The summed E-state index contributed by atoms with van der Waals surface area (Å²) in [6.45, 7) is 6.33. The van der Waals surface area contributed by atoms with Gasteiger partial charge in [-0.2, -0.15) is 13.2 Å². The highest BCUT2D eigenvalue weighted by Gasteiger charge is 2.35. The molecule has 0 aromatic heterocycles. The van der Waals surface area contributed by atoms with Crippen LogP contribution in [0.1, 0.15) is 25.0 Å². The molecule has 1 fully saturated rings. The van der Waals surface area contributed by atoms with E-state index >= 15 is 0 Å². The van der Waals surface area contributed by atoms with E-state index in [0.717, 1.165) is 12.1 Å². The van der Waals surface area contributed by atoms with Crippen molar-refractivity contribution < 1.29 is 27.8 Å². The molecule has 164 valence electrons. The number of carbonyl (C=O) groups is 1. The van der Waals surface area contributed by atoms with Gasteiger partial charge in [-0.05, 0) is 42.0 Å². The zero-order valence-corrected chi connectivity index (χ0v) is 17.7. The van der Waals surface area contributed by atoms with Crippen molar-refractivity contribution in [2.24, 2.45) is 0 Å². The van der Waals surface area contributed by atoms with E-state index in [0.29, 0.717) is 48.2 Å². The van der Waals surface area contributed by atoms with E-state index in [1.807, 2.05) is 17.9 Å². The number of aliphatic carboxylic acids is 1. The van der Waals surface area contributed by atoms with Crippen LogP contribution in [0, 0.1) is 0 Å². The third-order valence-electron chi connectivity index (χ3n) is 5.11. The molecule has 1 N–H and O–H groups in total. The Hall–Kier alpha value is -1.97. The fourth-order valence-corrected chi connectivity index (χ4v) is 4.74. The molecule has 0 saturated carbocycles. The number of nitrogens with zero attached hydrogens (tertiary/aromatic N) is 2. The summed E-state index contributed by atoms with van der Waals surface area (Å²) in [5.74, 6) is -0.386. The molecule has 0 bridgehead atoms. The molecule has 0 amide bonds. The van der Waals surface area contributed by atoms with Crippen LogP contribution < -0.4 is 0 Å². The van der Waals surface area contributed by atoms with Crippen molar-refractivity contribution in [2.75, 3.05) is 32.1 Å². The lowest BCUT2D eigenvalue weighted by Crippen LogP contribution is -2.52. The summed E-state index contributed by atoms with van der Waals surface area (Å²) < 4.78 is 45.0. The van der Waals surface area contributed by atoms with Gasteiger partial charge in [0.25, 0.3) is 0 Å². The number of rotatable bonds is 6. The topological polar surface area (TPSA) is 53.0 Å². The highest BCUT2D eigenvalue weighted by Crippen LogP contribution is 2.37. The second kappa shape index (κ2) is 9.45. The summed E-state index contributed by atoms with van der Waals surface area (Å²) in [7, 11) is 0. The molecule has 1 unspecified atom stereocenters. The highest BCUT2D eigenvalue weighted by molar-refractivity contribution is 8.03. The molecule has 1 atom stereocenters. The molecule has 0 spiro atoms. The Labute approximate surface area is 178 Å². The molecule has 2 aliphatic heterocycles. The van der Waals surface area contributed by atoms with Crippen molar-refractivity contribution in [3.05, 3.63) is 57.6 Å². The van der Waals surface area contributed by atoms with Gasteiger partial charge in [-0.15, -0.1) is 11.8 Å². The van der Waals surface area contributed by atoms with Crippen molar-refractivity contribution in [3.8, 4) is 0 Å². The maximum atomic E-state index is 13.2. The average molecular weight is 443 g/mol. The van der Waals surface area contributed by atoms with Crippen LogP contribution in [0.2, 0.25) is 0 Å². The van der Waals surface area contributed by atoms with E-state index in [9.17, 15) is 23.1 Å². The monoisotopic (exact) mass is 442 g/mol. The number of ether oxygens (including phenoxy) is 1. The van der Waals surface area contributed by atoms with Gasteiger partial charge in [0.05, 0.1) is 29.4 Å². The molecule has 0 aliphatic carbocycles. The Morgan fingerprint density at radius 2 is 2.00 bits per heavy atom. The minimum Gasteiger partial charge on any atom is -0.478 e. The van der Waals surface area contributed by atoms with Gasteiger partial charge in [0, 0.05) is 19.6 Å². The van der Waals surface area contributed by atoms with Crippen molar-refractivity contribution in [2.45, 2.75) is 32.7 Å². The maximum absolute atomic E-state index is 13.2. The van der Waals surface area contributed by atoms with E-state index in [4.69, 9.17) is 4.74 Å². The zero-order chi connectivity index (χ0) is 21.9. The van der Waals surface area contributed by atoms with Crippen LogP contribution in [-0.4, -0.2) is 59.1 Å². The molecule has 3 rings (SSSR count). The molecule has 1 saturated heterocycles. The first-order valence-corrected chi connectivity index (χ1v) is 10.7. The third-order valence-corrected chi connectivity index (χ3v) is 6.11. The summed E-state index contributed by atoms with van der Waals surface area (Å²) in [5.41, 5.74) is 0.641. The van der Waals surface area contributed by atoms with E-state index < -0.39 is 17.7 Å². The van der Waals surface area contributed by atoms with Crippen LogP contribution in [0.4, 0.5) is 13.2 Å². The lowest BCUT2D eigenvalue weighted by Gasteiger charge is -2.44. The first kappa shape index (κ1) is 22.7. The first-order chi connectivity index (χ1) is 14.2. The number of hydrogen-bond acceptors (Lipinski definition) is 5. The second-order valence-electron chi connectivity index (χ2n) is 7.16. The Kier molecular flexibility index (Phi) is 7.15. The van der Waals surface area contributed by atoms with Crippen LogP contribution in [0.5, 0.6) is 0 Å². The van der Waals surface area contributed by atoms with Gasteiger partial charge in [-0.1, -0.05) is 19.1 Å². The number of morpholine rings is 1. The van der Waals surface area contributed by atoms with E-state index in [1.165, 1.54) is 17.8 Å². The van der Waals surface area contributed by atoms with E-state index in [1.54, 1.807) is 13.0 Å². The van der Waals surface area contributed by atoms with Gasteiger partial charge in [-0.3, -0.25) is 4.90 Å². The summed E-state index contributed by atoms with van der Waals surface area (Å²) in [4.78, 5) is 16.1. The van der Waals surface area contributed by atoms with Gasteiger partial charge < -0.3 is 14.7 Å². The largest absolute Gasteiger partial charge is 0.478 e. The SMILES string of the molecule is CCSC1=C(C(=O)O)C(C)=CC(N2CCOCC2)N1Cc1cccc(C(F)(F)F)c1. The van der Waals surface area contributed by atoms with Crippen LogP contribution in [-0.2, 0) is 22.3 Å². The molecular weight excluding hydrogens is 417 g/mol. The van der Waals surface area contributed by atoms with Gasteiger partial charge in [0.15, 0.2) is 0 Å². The predicted molar refractivity (Wildman–Crippen MR) is 110 cm³/mol. The van der Waals surface area contributed by atoms with Crippen molar-refractivity contribution >= 4 is 17.7 Å². The van der Waals surface area contributed by atoms with E-state index in [-0.39, 0.29) is 18.3 Å². The van der Waals surface area contributed by atoms with E-state index in [2.05, 4.69) is 4.90 Å². The number of thioether (sulfide) groups is 1. The highest BCUT2D eigenvalue weighted by atomic mass is 32.2. The smallest absolute Gasteiger partial charge is 0.416 e. The molecule has 9 heteroatoms. The summed E-state index contributed by atoms with van der Waals surface area (Å²) in [5, 5.41) is 10.4. The Morgan fingerprint density at radius 3 is 2.60 bits per heavy atom. The van der Waals surface area contributed by atoms with Crippen molar-refractivity contribution in [1.29, 1.82) is 0 Å². The molecular formula is C21H25F3N2O3S. The zero-order valence-electron chi connectivity index (χ0n) is 16.9. The van der Waals surface area contributed by atoms with Crippen LogP contribution in [0.15, 0.2) is 46.5 Å². The molecule has 2 heterocycles. The Balaban J connectivity index is 2.03. The number of benzene rings is 1. The molecule has 0 radical (unpaired) electrons. The fraction of sp³-hybridized carbons (Fsp3) is 0.476. The van der Waals surface area contributed by atoms with Gasteiger partial charge in [0.2, 0.25) is 0 Å². The molecule has 5 nitrogen and oxygen atoms in total. The summed E-state index contributed by atoms with van der Waals surface area (Å²) in [6.07, 6.45) is -2.79.